The Balaban J connectivity index is 0.000000144. The molecule has 0 spiro atoms. The summed E-state index contributed by atoms with van der Waals surface area (Å²) in [6.07, 6.45) is 12.5. The lowest BCUT2D eigenvalue weighted by Crippen LogP contribution is -2.37. The second-order valence-corrected chi connectivity index (χ2v) is 31.7. The monoisotopic (exact) mass is 1480 g/mol. The van der Waals surface area contributed by atoms with Crippen molar-refractivity contribution in [2.75, 3.05) is 26.9 Å². The number of carboxylic acid groups (broad SMARTS) is 3. The zero-order valence-electron chi connectivity index (χ0n) is 65.2. The average molecular weight is 1480 g/mol. The highest BCUT2D eigenvalue weighted by molar-refractivity contribution is 6.10. The summed E-state index contributed by atoms with van der Waals surface area (Å²) in [5.74, 6) is 1.61. The minimum atomic E-state index is -1.02. The fourth-order valence-electron chi connectivity index (χ4n) is 16.4. The number of hydrogen-bond donors (Lipinski definition) is 3. The molecule has 6 heterocycles. The summed E-state index contributed by atoms with van der Waals surface area (Å²) in [7, 11) is 1.77. The van der Waals surface area contributed by atoms with Crippen molar-refractivity contribution in [2.45, 2.75) is 196 Å². The molecule has 0 bridgehead atoms. The molecular weight excluding hydrogens is 1380 g/mol. The van der Waals surface area contributed by atoms with Crippen molar-refractivity contribution in [3.05, 3.63) is 177 Å². The van der Waals surface area contributed by atoms with E-state index in [0.717, 1.165) is 143 Å². The summed E-state index contributed by atoms with van der Waals surface area (Å²) in [5.41, 5.74) is 11.4. The van der Waals surface area contributed by atoms with Crippen molar-refractivity contribution in [1.29, 1.82) is 0 Å². The number of para-hydroxylation sites is 3. The van der Waals surface area contributed by atoms with Crippen LogP contribution in [-0.2, 0) is 14.2 Å². The van der Waals surface area contributed by atoms with Crippen molar-refractivity contribution in [1.82, 2.24) is 15.0 Å². The number of carboxylic acids is 3. The van der Waals surface area contributed by atoms with Crippen molar-refractivity contribution >= 4 is 83.5 Å². The average Bonchev–Trinajstić information content (AvgIpc) is 1.71. The van der Waals surface area contributed by atoms with Gasteiger partial charge in [-0.25, -0.2) is 29.3 Å². The molecule has 0 amide bonds. The van der Waals surface area contributed by atoms with E-state index in [4.69, 9.17) is 56.6 Å². The van der Waals surface area contributed by atoms with E-state index in [0.29, 0.717) is 122 Å². The van der Waals surface area contributed by atoms with Gasteiger partial charge < -0.3 is 57.0 Å². The summed E-state index contributed by atoms with van der Waals surface area (Å²) >= 11 is 0. The van der Waals surface area contributed by atoms with Gasteiger partial charge in [-0.1, -0.05) is 72.8 Å². The van der Waals surface area contributed by atoms with E-state index in [-0.39, 0.29) is 45.7 Å². The number of furan rings is 3. The maximum atomic E-state index is 12.5. The number of fused-ring (bicyclic) bond motifs is 6. The molecule has 12 aromatic rings. The molecule has 6 aromatic heterocycles. The first-order valence-corrected chi connectivity index (χ1v) is 38.4. The summed E-state index contributed by atoms with van der Waals surface area (Å²) in [5, 5.41) is 35.1. The van der Waals surface area contributed by atoms with E-state index in [9.17, 15) is 29.7 Å². The third-order valence-electron chi connectivity index (χ3n) is 22.7. The predicted molar refractivity (Wildman–Crippen MR) is 427 cm³/mol. The molecule has 570 valence electrons. The topological polar surface area (TPSA) is 245 Å². The molecule has 109 heavy (non-hydrogen) atoms. The van der Waals surface area contributed by atoms with Crippen LogP contribution in [0.5, 0.6) is 17.2 Å². The van der Waals surface area contributed by atoms with Gasteiger partial charge in [-0.15, -0.1) is 0 Å². The largest absolute Gasteiger partial charge is 0.493 e. The van der Waals surface area contributed by atoms with Gasteiger partial charge in [0.05, 0.1) is 98.2 Å². The Morgan fingerprint density at radius 1 is 0.413 bits per heavy atom. The number of aromatic nitrogens is 3. The van der Waals surface area contributed by atoms with Crippen LogP contribution in [0.2, 0.25) is 0 Å². The minimum Gasteiger partial charge on any atom is -0.493 e. The highest BCUT2D eigenvalue weighted by Crippen LogP contribution is 2.45. The lowest BCUT2D eigenvalue weighted by atomic mass is 9.80. The number of nitrogens with zero attached hydrogens (tertiary/aromatic N) is 3. The van der Waals surface area contributed by atoms with Crippen molar-refractivity contribution in [3.8, 4) is 51.6 Å². The lowest BCUT2D eigenvalue weighted by Gasteiger charge is -2.38. The third-order valence-corrected chi connectivity index (χ3v) is 22.7. The maximum Gasteiger partial charge on any atom is 0.336 e. The summed E-state index contributed by atoms with van der Waals surface area (Å²) < 4.78 is 55.1. The van der Waals surface area contributed by atoms with E-state index in [1.807, 2.05) is 151 Å². The molecule has 3 N–H and O–H groups in total. The fourth-order valence-corrected chi connectivity index (χ4v) is 16.4. The van der Waals surface area contributed by atoms with E-state index in [1.54, 1.807) is 25.3 Å². The number of pyridine rings is 3. The van der Waals surface area contributed by atoms with Gasteiger partial charge >= 0.3 is 17.9 Å². The van der Waals surface area contributed by atoms with E-state index >= 15 is 0 Å². The van der Waals surface area contributed by atoms with Gasteiger partial charge in [-0.2, -0.15) is 0 Å². The molecule has 18 heteroatoms. The van der Waals surface area contributed by atoms with Crippen LogP contribution in [0.15, 0.2) is 141 Å². The van der Waals surface area contributed by atoms with Gasteiger partial charge in [0.15, 0.2) is 17.3 Å². The molecule has 18 nitrogen and oxygen atoms in total. The van der Waals surface area contributed by atoms with Crippen molar-refractivity contribution in [2.24, 2.45) is 17.8 Å². The van der Waals surface area contributed by atoms with Crippen LogP contribution in [0.4, 0.5) is 0 Å². The number of benzene rings is 6. The van der Waals surface area contributed by atoms with E-state index < -0.39 is 17.9 Å². The first-order valence-electron chi connectivity index (χ1n) is 38.4. The Bertz CT molecular complexity index is 5160. The lowest BCUT2D eigenvalue weighted by molar-refractivity contribution is -0.0973. The second kappa shape index (κ2) is 31.8. The number of rotatable bonds is 20. The molecular formula is C91H101N3O15. The molecule has 3 aliphatic carbocycles. The molecule has 0 unspecified atom stereocenters. The van der Waals surface area contributed by atoms with Crippen LogP contribution in [0, 0.1) is 59.3 Å². The third kappa shape index (κ3) is 16.4. The van der Waals surface area contributed by atoms with Crippen LogP contribution >= 0.6 is 0 Å². The standard InChI is InChI=1S/2C31H35NO5.C29H31NO5/c2*1-18(2)37-31(5)14-12-21(13-15-31)17-35-26-11-10-19(3)28-27(26)23(30(33)34)16-24(32-28)29-20(4)22-8-6-7-9-25(22)36-29;1-17-9-10-24(34-16-19-11-13-29(3,33-4)14-12-19)25-21(28(31)32)15-22(30-26(17)25)27-18(2)20-7-5-6-8-23(20)35-27/h2*6-11,16,18,21H,12-15,17H2,1-5H3,(H,33,34);5-10,15,19H,11-14,16H2,1-4H3,(H,31,32). The molecule has 15 rings (SSSR count). The van der Waals surface area contributed by atoms with Gasteiger partial charge in [0.2, 0.25) is 0 Å². The minimum absolute atomic E-state index is 0.0569. The zero-order chi connectivity index (χ0) is 77.4. The smallest absolute Gasteiger partial charge is 0.336 e. The van der Waals surface area contributed by atoms with Crippen molar-refractivity contribution < 1.29 is 71.4 Å². The summed E-state index contributed by atoms with van der Waals surface area (Å²) in [6.45, 7) is 28.2. The van der Waals surface area contributed by atoms with Crippen LogP contribution in [-0.4, -0.2) is 104 Å². The van der Waals surface area contributed by atoms with Crippen LogP contribution in [0.1, 0.15) is 190 Å². The van der Waals surface area contributed by atoms with Gasteiger partial charge in [-0.3, -0.25) is 0 Å². The highest BCUT2D eigenvalue weighted by atomic mass is 16.5. The molecule has 6 aromatic carbocycles. The number of aryl methyl sites for hydroxylation is 6. The summed E-state index contributed by atoms with van der Waals surface area (Å²) in [6, 6.07) is 39.6. The summed E-state index contributed by atoms with van der Waals surface area (Å²) in [4.78, 5) is 52.0. The Morgan fingerprint density at radius 3 is 0.927 bits per heavy atom. The molecule has 3 aliphatic rings. The Hall–Kier alpha value is -10.1. The predicted octanol–water partition coefficient (Wildman–Crippen LogP) is 22.4. The molecule has 0 aliphatic heterocycles. The number of ether oxygens (including phenoxy) is 6. The second-order valence-electron chi connectivity index (χ2n) is 31.7. The first-order chi connectivity index (χ1) is 52.1. The van der Waals surface area contributed by atoms with Gasteiger partial charge in [0.1, 0.15) is 51.1 Å². The van der Waals surface area contributed by atoms with E-state index in [1.165, 1.54) is 0 Å². The zero-order valence-corrected chi connectivity index (χ0v) is 65.2. The van der Waals surface area contributed by atoms with E-state index in [2.05, 4.69) is 48.5 Å². The molecule has 0 saturated heterocycles. The number of methoxy groups -OCH3 is 1. The first kappa shape index (κ1) is 77.0. The Labute approximate surface area is 636 Å². The van der Waals surface area contributed by atoms with Gasteiger partial charge in [0, 0.05) is 40.0 Å². The molecule has 3 saturated carbocycles. The van der Waals surface area contributed by atoms with Crippen LogP contribution in [0.25, 0.3) is 100.0 Å². The van der Waals surface area contributed by atoms with Crippen molar-refractivity contribution in [3.63, 3.8) is 0 Å². The van der Waals surface area contributed by atoms with Gasteiger partial charge in [-0.05, 0) is 256 Å². The fraction of sp³-hybridized carbons (Fsp3) is 0.407. The van der Waals surface area contributed by atoms with Gasteiger partial charge in [0.25, 0.3) is 0 Å². The SMILES string of the molecule is COC1(C)CCC(COc2ccc(C)c3nc(-c4oc5ccccc5c4C)cc(C(=O)O)c23)CC1.Cc1c(-c2cc(C(=O)O)c3c(OCC4CCC(C)(OC(C)C)CC4)ccc(C)c3n2)oc2ccccc12.Cc1c(-c2cc(C(=O)O)c3c(OCC4CCC(C)(OC(C)C)CC4)ccc(C)c3n2)oc2ccccc12. The Kier molecular flexibility index (Phi) is 22.5. The molecule has 0 atom stereocenters. The van der Waals surface area contributed by atoms with Crippen LogP contribution in [0.3, 0.4) is 0 Å². The quantitative estimate of drug-likeness (QED) is 0.0642. The Morgan fingerprint density at radius 2 is 0.679 bits per heavy atom. The number of hydrogen-bond acceptors (Lipinski definition) is 15. The number of aromatic carboxylic acids is 3. The molecule has 0 radical (unpaired) electrons. The maximum absolute atomic E-state index is 12.5. The number of carbonyl (C=O) groups is 3. The van der Waals surface area contributed by atoms with Crippen LogP contribution < -0.4 is 14.2 Å². The highest BCUT2D eigenvalue weighted by Gasteiger charge is 2.36. The molecule has 3 fully saturated rings. The normalized spacial score (nSPS) is 20.2.